The van der Waals surface area contributed by atoms with E-state index < -0.39 is 17.3 Å². The van der Waals surface area contributed by atoms with Gasteiger partial charge in [-0.3, -0.25) is 4.79 Å². The first-order valence-corrected chi connectivity index (χ1v) is 7.18. The van der Waals surface area contributed by atoms with Crippen LogP contribution in [0.15, 0.2) is 68.9 Å². The van der Waals surface area contributed by atoms with Crippen molar-refractivity contribution in [3.05, 3.63) is 82.0 Å². The second-order valence-corrected chi connectivity index (χ2v) is 5.13. The van der Waals surface area contributed by atoms with E-state index in [0.29, 0.717) is 11.3 Å². The zero-order chi connectivity index (χ0) is 17.1. The maximum absolute atomic E-state index is 12.9. The molecular formula is C18H13FN2O3. The fourth-order valence-electron chi connectivity index (χ4n) is 2.17. The number of benzene rings is 2. The molecule has 1 N–H and O–H groups in total. The van der Waals surface area contributed by atoms with Gasteiger partial charge >= 0.3 is 5.63 Å². The number of fused-ring (bicyclic) bond motifs is 1. The third-order valence-electron chi connectivity index (χ3n) is 3.46. The molecular weight excluding hydrogens is 311 g/mol. The summed E-state index contributed by atoms with van der Waals surface area (Å²) in [4.78, 5) is 24.0. The van der Waals surface area contributed by atoms with Crippen LogP contribution >= 0.6 is 0 Å². The molecule has 120 valence electrons. The predicted octanol–water partition coefficient (Wildman–Crippen LogP) is 3.09. The molecule has 0 atom stereocenters. The molecule has 0 unspecified atom stereocenters. The summed E-state index contributed by atoms with van der Waals surface area (Å²) in [5.74, 6) is -0.931. The van der Waals surface area contributed by atoms with Crippen LogP contribution in [-0.4, -0.2) is 11.6 Å². The van der Waals surface area contributed by atoms with Gasteiger partial charge < -0.3 is 4.42 Å². The molecule has 3 aromatic rings. The van der Waals surface area contributed by atoms with E-state index in [0.717, 1.165) is 5.39 Å². The summed E-state index contributed by atoms with van der Waals surface area (Å²) in [6.45, 7) is 1.59. The maximum Gasteiger partial charge on any atom is 0.345 e. The number of nitrogens with one attached hydrogen (secondary N) is 1. The van der Waals surface area contributed by atoms with Crippen molar-refractivity contribution in [2.75, 3.05) is 0 Å². The Morgan fingerprint density at radius 1 is 1.12 bits per heavy atom. The molecule has 0 aliphatic carbocycles. The molecule has 0 fully saturated rings. The topological polar surface area (TPSA) is 71.7 Å². The van der Waals surface area contributed by atoms with Crippen LogP contribution in [0.5, 0.6) is 0 Å². The summed E-state index contributed by atoms with van der Waals surface area (Å²) in [6, 6.07) is 13.8. The van der Waals surface area contributed by atoms with E-state index in [-0.39, 0.29) is 11.1 Å². The monoisotopic (exact) mass is 324 g/mol. The number of halogens is 1. The number of rotatable bonds is 3. The van der Waals surface area contributed by atoms with Crippen LogP contribution in [0.3, 0.4) is 0 Å². The highest BCUT2D eigenvalue weighted by molar-refractivity contribution is 6.02. The predicted molar refractivity (Wildman–Crippen MR) is 88.6 cm³/mol. The van der Waals surface area contributed by atoms with Gasteiger partial charge in [-0.05, 0) is 43.3 Å². The van der Waals surface area contributed by atoms with Crippen molar-refractivity contribution in [1.82, 2.24) is 5.43 Å². The molecule has 1 aromatic heterocycles. The molecule has 3 rings (SSSR count). The first kappa shape index (κ1) is 15.6. The van der Waals surface area contributed by atoms with E-state index in [9.17, 15) is 14.0 Å². The molecule has 0 radical (unpaired) electrons. The number of hydrazone groups is 1. The number of carbonyl (C=O) groups excluding carboxylic acids is 1. The van der Waals surface area contributed by atoms with Gasteiger partial charge in [-0.25, -0.2) is 14.6 Å². The Balaban J connectivity index is 1.85. The molecule has 5 nitrogen and oxygen atoms in total. The molecule has 0 spiro atoms. The lowest BCUT2D eigenvalue weighted by atomic mass is 10.1. The van der Waals surface area contributed by atoms with Gasteiger partial charge in [-0.1, -0.05) is 18.2 Å². The molecule has 6 heteroatoms. The van der Waals surface area contributed by atoms with E-state index in [1.165, 1.54) is 24.3 Å². The van der Waals surface area contributed by atoms with Gasteiger partial charge in [-0.15, -0.1) is 0 Å². The second kappa shape index (κ2) is 6.45. The smallest absolute Gasteiger partial charge is 0.345 e. The minimum Gasteiger partial charge on any atom is -0.422 e. The lowest BCUT2D eigenvalue weighted by molar-refractivity contribution is 0.0955. The van der Waals surface area contributed by atoms with E-state index in [1.54, 1.807) is 25.1 Å². The van der Waals surface area contributed by atoms with Crippen LogP contribution in [-0.2, 0) is 0 Å². The number of hydrogen-bond acceptors (Lipinski definition) is 4. The van der Waals surface area contributed by atoms with Crippen molar-refractivity contribution in [3.63, 3.8) is 0 Å². The molecule has 1 heterocycles. The summed E-state index contributed by atoms with van der Waals surface area (Å²) in [6.07, 6.45) is 0. The van der Waals surface area contributed by atoms with Crippen LogP contribution in [0.1, 0.15) is 22.8 Å². The van der Waals surface area contributed by atoms with Gasteiger partial charge in [0.05, 0.1) is 11.3 Å². The van der Waals surface area contributed by atoms with Crippen molar-refractivity contribution < 1.29 is 13.6 Å². The quantitative estimate of drug-likeness (QED) is 0.457. The van der Waals surface area contributed by atoms with E-state index >= 15 is 0 Å². The molecule has 0 aliphatic rings. The zero-order valence-electron chi connectivity index (χ0n) is 12.7. The standard InChI is InChI=1S/C18H13FN2O3/c1-11(20-21-17(22)12-6-8-14(19)9-7-12)15-10-13-4-2-3-5-16(13)24-18(15)23/h2-10H,1H3,(H,21,22)/b20-11-. The van der Waals surface area contributed by atoms with E-state index in [1.807, 2.05) is 12.1 Å². The van der Waals surface area contributed by atoms with E-state index in [2.05, 4.69) is 10.5 Å². The molecule has 0 bridgehead atoms. The van der Waals surface area contributed by atoms with Crippen LogP contribution in [0.25, 0.3) is 11.0 Å². The Kier molecular flexibility index (Phi) is 4.20. The Labute approximate surface area is 136 Å². The van der Waals surface area contributed by atoms with Crippen molar-refractivity contribution in [2.45, 2.75) is 6.92 Å². The molecule has 1 amide bonds. The Morgan fingerprint density at radius 2 is 1.83 bits per heavy atom. The first-order chi connectivity index (χ1) is 11.5. The van der Waals surface area contributed by atoms with Crippen molar-refractivity contribution in [1.29, 1.82) is 0 Å². The Bertz CT molecular complexity index is 991. The number of hydrogen-bond donors (Lipinski definition) is 1. The summed E-state index contributed by atoms with van der Waals surface area (Å²) in [7, 11) is 0. The molecule has 2 aromatic carbocycles. The summed E-state index contributed by atoms with van der Waals surface area (Å²) in [5, 5.41) is 4.68. The maximum atomic E-state index is 12.9. The van der Waals surface area contributed by atoms with Crippen LogP contribution in [0.4, 0.5) is 4.39 Å². The highest BCUT2D eigenvalue weighted by atomic mass is 19.1. The Hall–Kier alpha value is -3.28. The number of amides is 1. The molecule has 24 heavy (non-hydrogen) atoms. The summed E-state index contributed by atoms with van der Waals surface area (Å²) < 4.78 is 18.1. The molecule has 0 saturated carbocycles. The second-order valence-electron chi connectivity index (χ2n) is 5.13. The lowest BCUT2D eigenvalue weighted by Gasteiger charge is -2.03. The largest absolute Gasteiger partial charge is 0.422 e. The van der Waals surface area contributed by atoms with Crippen LogP contribution < -0.4 is 11.1 Å². The van der Waals surface area contributed by atoms with Crippen LogP contribution in [0, 0.1) is 5.82 Å². The van der Waals surface area contributed by atoms with Gasteiger partial charge in [0.2, 0.25) is 0 Å². The Morgan fingerprint density at radius 3 is 2.58 bits per heavy atom. The highest BCUT2D eigenvalue weighted by Crippen LogP contribution is 2.13. The summed E-state index contributed by atoms with van der Waals surface area (Å²) >= 11 is 0. The third kappa shape index (κ3) is 3.22. The zero-order valence-corrected chi connectivity index (χ0v) is 12.7. The molecule has 0 aliphatic heterocycles. The first-order valence-electron chi connectivity index (χ1n) is 7.18. The van der Waals surface area contributed by atoms with E-state index in [4.69, 9.17) is 4.42 Å². The number of carbonyl (C=O) groups is 1. The third-order valence-corrected chi connectivity index (χ3v) is 3.46. The SMILES string of the molecule is C/C(=N/NC(=O)c1ccc(F)cc1)c1cc2ccccc2oc1=O. The number of nitrogens with zero attached hydrogens (tertiary/aromatic N) is 1. The van der Waals surface area contributed by atoms with Gasteiger partial charge in [0.1, 0.15) is 11.4 Å². The lowest BCUT2D eigenvalue weighted by Crippen LogP contribution is -2.21. The minimum atomic E-state index is -0.536. The number of para-hydroxylation sites is 1. The fraction of sp³-hybridized carbons (Fsp3) is 0.0556. The average Bonchev–Trinajstić information content (AvgIpc) is 2.59. The van der Waals surface area contributed by atoms with Gasteiger partial charge in [0.15, 0.2) is 0 Å². The highest BCUT2D eigenvalue weighted by Gasteiger charge is 2.09. The minimum absolute atomic E-state index is 0.258. The van der Waals surface area contributed by atoms with Crippen molar-refractivity contribution >= 4 is 22.6 Å². The van der Waals surface area contributed by atoms with Gasteiger partial charge in [0, 0.05) is 10.9 Å². The van der Waals surface area contributed by atoms with Crippen molar-refractivity contribution in [3.8, 4) is 0 Å². The van der Waals surface area contributed by atoms with Gasteiger partial charge in [0.25, 0.3) is 5.91 Å². The van der Waals surface area contributed by atoms with Gasteiger partial charge in [-0.2, -0.15) is 5.10 Å². The molecule has 0 saturated heterocycles. The fourth-order valence-corrected chi connectivity index (χ4v) is 2.17. The average molecular weight is 324 g/mol. The van der Waals surface area contributed by atoms with Crippen LogP contribution in [0.2, 0.25) is 0 Å². The normalized spacial score (nSPS) is 11.5. The summed E-state index contributed by atoms with van der Waals surface area (Å²) in [5.41, 5.74) is 3.11. The van der Waals surface area contributed by atoms with Crippen molar-refractivity contribution in [2.24, 2.45) is 5.10 Å².